The van der Waals surface area contributed by atoms with Gasteiger partial charge in [-0.15, -0.1) is 0 Å². The van der Waals surface area contributed by atoms with Crippen molar-refractivity contribution < 1.29 is 4.39 Å². The van der Waals surface area contributed by atoms with Crippen LogP contribution in [0.15, 0.2) is 18.2 Å². The Morgan fingerprint density at radius 3 is 2.78 bits per heavy atom. The molecule has 18 heavy (non-hydrogen) atoms. The first-order chi connectivity index (χ1) is 8.72. The van der Waals surface area contributed by atoms with Crippen molar-refractivity contribution in [2.24, 2.45) is 5.92 Å². The third kappa shape index (κ3) is 2.07. The van der Waals surface area contributed by atoms with E-state index in [9.17, 15) is 4.39 Å². The van der Waals surface area contributed by atoms with E-state index in [1.807, 2.05) is 6.07 Å². The second-order valence-corrected chi connectivity index (χ2v) is 5.94. The Kier molecular flexibility index (Phi) is 3.14. The smallest absolute Gasteiger partial charge is 0.123 e. The maximum atomic E-state index is 13.3. The minimum absolute atomic E-state index is 0.115. The van der Waals surface area contributed by atoms with Crippen LogP contribution in [0, 0.1) is 18.7 Å². The van der Waals surface area contributed by atoms with Crippen LogP contribution in [0.3, 0.4) is 0 Å². The summed E-state index contributed by atoms with van der Waals surface area (Å²) in [5.41, 5.74) is 2.58. The monoisotopic (exact) mass is 247 g/mol. The second-order valence-electron chi connectivity index (χ2n) is 5.94. The van der Waals surface area contributed by atoms with E-state index in [1.165, 1.54) is 44.1 Å². The van der Waals surface area contributed by atoms with Gasteiger partial charge in [0.25, 0.3) is 0 Å². The number of hydrogen-bond acceptors (Lipinski definition) is 1. The normalized spacial score (nSPS) is 29.0. The van der Waals surface area contributed by atoms with Gasteiger partial charge in [-0.1, -0.05) is 18.9 Å². The molecule has 0 bridgehead atoms. The summed E-state index contributed by atoms with van der Waals surface area (Å²) >= 11 is 0. The molecule has 1 saturated carbocycles. The van der Waals surface area contributed by atoms with Gasteiger partial charge in [-0.2, -0.15) is 0 Å². The number of aryl methyl sites for hydroxylation is 1. The Hall–Kier alpha value is -0.890. The van der Waals surface area contributed by atoms with Crippen LogP contribution < -0.4 is 5.32 Å². The first-order valence-electron chi connectivity index (χ1n) is 7.24. The first kappa shape index (κ1) is 12.2. The zero-order valence-electron chi connectivity index (χ0n) is 11.1. The number of rotatable bonds is 2. The van der Waals surface area contributed by atoms with Crippen molar-refractivity contribution in [3.05, 3.63) is 35.1 Å². The van der Waals surface area contributed by atoms with Crippen LogP contribution in [0.4, 0.5) is 4.39 Å². The van der Waals surface area contributed by atoms with E-state index in [0.717, 1.165) is 18.0 Å². The third-order valence-electron chi connectivity index (χ3n) is 4.63. The predicted octanol–water partition coefficient (Wildman–Crippen LogP) is 3.90. The fourth-order valence-corrected chi connectivity index (χ4v) is 3.61. The lowest BCUT2D eigenvalue weighted by Gasteiger charge is -2.36. The van der Waals surface area contributed by atoms with Crippen molar-refractivity contribution >= 4 is 0 Å². The molecule has 2 aliphatic rings. The van der Waals surface area contributed by atoms with Gasteiger partial charge < -0.3 is 5.32 Å². The molecule has 1 heterocycles. The Bertz CT molecular complexity index is 429. The average Bonchev–Trinajstić information content (AvgIpc) is 3.16. The van der Waals surface area contributed by atoms with Gasteiger partial charge in [0.1, 0.15) is 5.82 Å². The highest BCUT2D eigenvalue weighted by Crippen LogP contribution is 2.50. The van der Waals surface area contributed by atoms with E-state index in [4.69, 9.17) is 0 Å². The van der Waals surface area contributed by atoms with Crippen LogP contribution in [-0.2, 0) is 5.54 Å². The molecule has 1 N–H and O–H groups in total. The molecule has 1 aromatic carbocycles. The number of nitrogens with one attached hydrogen (secondary N) is 1. The van der Waals surface area contributed by atoms with Gasteiger partial charge in [-0.05, 0) is 68.3 Å². The minimum Gasteiger partial charge on any atom is -0.307 e. The van der Waals surface area contributed by atoms with Crippen molar-refractivity contribution in [3.8, 4) is 0 Å². The van der Waals surface area contributed by atoms with Gasteiger partial charge in [-0.25, -0.2) is 4.39 Å². The van der Waals surface area contributed by atoms with Crippen LogP contribution >= 0.6 is 0 Å². The molecular weight excluding hydrogens is 225 g/mol. The van der Waals surface area contributed by atoms with Crippen molar-refractivity contribution in [3.63, 3.8) is 0 Å². The lowest BCUT2D eigenvalue weighted by Crippen LogP contribution is -2.44. The quantitative estimate of drug-likeness (QED) is 0.835. The van der Waals surface area contributed by atoms with Crippen LogP contribution in [0.2, 0.25) is 0 Å². The minimum atomic E-state index is -0.115. The summed E-state index contributed by atoms with van der Waals surface area (Å²) in [5, 5.41) is 3.81. The zero-order chi connectivity index (χ0) is 12.6. The molecule has 1 saturated heterocycles. The molecule has 1 aliphatic carbocycles. The maximum Gasteiger partial charge on any atom is 0.123 e. The average molecular weight is 247 g/mol. The first-order valence-corrected chi connectivity index (χ1v) is 7.24. The Morgan fingerprint density at radius 2 is 2.06 bits per heavy atom. The van der Waals surface area contributed by atoms with Gasteiger partial charge in [0.05, 0.1) is 0 Å². The molecule has 1 aliphatic heterocycles. The summed E-state index contributed by atoms with van der Waals surface area (Å²) in [4.78, 5) is 0. The van der Waals surface area contributed by atoms with E-state index in [0.29, 0.717) is 0 Å². The third-order valence-corrected chi connectivity index (χ3v) is 4.63. The predicted molar refractivity (Wildman–Crippen MR) is 72.0 cm³/mol. The van der Waals surface area contributed by atoms with Gasteiger partial charge in [0, 0.05) is 5.54 Å². The van der Waals surface area contributed by atoms with Gasteiger partial charge in [-0.3, -0.25) is 0 Å². The SMILES string of the molecule is Cc1cc(F)ccc1C1(C2CC2)CCCCCN1. The van der Waals surface area contributed by atoms with E-state index in [1.54, 1.807) is 12.1 Å². The zero-order valence-corrected chi connectivity index (χ0v) is 11.1. The summed E-state index contributed by atoms with van der Waals surface area (Å²) in [6.45, 7) is 3.16. The molecule has 1 nitrogen and oxygen atoms in total. The summed E-state index contributed by atoms with van der Waals surface area (Å²) in [5.74, 6) is 0.649. The Labute approximate surface area is 109 Å². The molecule has 1 atom stereocenters. The van der Waals surface area contributed by atoms with Gasteiger partial charge in [0.2, 0.25) is 0 Å². The fourth-order valence-electron chi connectivity index (χ4n) is 3.61. The highest BCUT2D eigenvalue weighted by molar-refractivity contribution is 5.35. The van der Waals surface area contributed by atoms with Crippen LogP contribution in [0.1, 0.15) is 49.7 Å². The van der Waals surface area contributed by atoms with E-state index in [-0.39, 0.29) is 11.4 Å². The van der Waals surface area contributed by atoms with Crippen LogP contribution in [0.25, 0.3) is 0 Å². The summed E-state index contributed by atoms with van der Waals surface area (Å²) in [6.07, 6.45) is 7.74. The molecule has 1 aromatic rings. The second kappa shape index (κ2) is 4.65. The van der Waals surface area contributed by atoms with Gasteiger partial charge >= 0.3 is 0 Å². The van der Waals surface area contributed by atoms with Crippen molar-refractivity contribution in [1.82, 2.24) is 5.32 Å². The standard InChI is InChI=1S/C16H22FN/c1-12-11-14(17)7-8-15(12)16(13-5-6-13)9-3-2-4-10-18-16/h7-8,11,13,18H,2-6,9-10H2,1H3. The number of hydrogen-bond donors (Lipinski definition) is 1. The topological polar surface area (TPSA) is 12.0 Å². The molecular formula is C16H22FN. The van der Waals surface area contributed by atoms with Crippen LogP contribution in [-0.4, -0.2) is 6.54 Å². The summed E-state index contributed by atoms with van der Waals surface area (Å²) in [7, 11) is 0. The number of halogens is 1. The molecule has 2 fully saturated rings. The van der Waals surface area contributed by atoms with Crippen molar-refractivity contribution in [2.75, 3.05) is 6.54 Å². The van der Waals surface area contributed by atoms with Gasteiger partial charge in [0.15, 0.2) is 0 Å². The van der Waals surface area contributed by atoms with Crippen molar-refractivity contribution in [1.29, 1.82) is 0 Å². The van der Waals surface area contributed by atoms with E-state index in [2.05, 4.69) is 12.2 Å². The molecule has 0 spiro atoms. The number of benzene rings is 1. The Morgan fingerprint density at radius 1 is 1.22 bits per heavy atom. The molecule has 1 unspecified atom stereocenters. The largest absolute Gasteiger partial charge is 0.307 e. The molecule has 0 aromatic heterocycles. The lowest BCUT2D eigenvalue weighted by molar-refractivity contribution is 0.277. The molecule has 98 valence electrons. The molecule has 0 amide bonds. The molecule has 0 radical (unpaired) electrons. The van der Waals surface area contributed by atoms with Crippen LogP contribution in [0.5, 0.6) is 0 Å². The van der Waals surface area contributed by atoms with E-state index >= 15 is 0 Å². The van der Waals surface area contributed by atoms with E-state index < -0.39 is 0 Å². The highest BCUT2D eigenvalue weighted by atomic mass is 19.1. The maximum absolute atomic E-state index is 13.3. The lowest BCUT2D eigenvalue weighted by atomic mass is 9.79. The fraction of sp³-hybridized carbons (Fsp3) is 0.625. The molecule has 3 rings (SSSR count). The Balaban J connectivity index is 2.02. The summed E-state index contributed by atoms with van der Waals surface area (Å²) < 4.78 is 13.3. The highest BCUT2D eigenvalue weighted by Gasteiger charge is 2.46. The summed E-state index contributed by atoms with van der Waals surface area (Å²) in [6, 6.07) is 5.33. The van der Waals surface area contributed by atoms with Crippen molar-refractivity contribution in [2.45, 2.75) is 51.0 Å². The molecule has 2 heteroatoms.